The van der Waals surface area contributed by atoms with Crippen molar-refractivity contribution in [3.05, 3.63) is 48.5 Å². The second-order valence-corrected chi connectivity index (χ2v) is 8.50. The van der Waals surface area contributed by atoms with Gasteiger partial charge in [-0.2, -0.15) is 0 Å². The van der Waals surface area contributed by atoms with E-state index in [4.69, 9.17) is 9.47 Å². The van der Waals surface area contributed by atoms with Crippen LogP contribution in [0.25, 0.3) is 11.1 Å². The lowest BCUT2D eigenvalue weighted by molar-refractivity contribution is 0.102. The van der Waals surface area contributed by atoms with Gasteiger partial charge in [-0.05, 0) is 48.2 Å². The summed E-state index contributed by atoms with van der Waals surface area (Å²) >= 11 is 0. The first-order valence-electron chi connectivity index (χ1n) is 12.4. The maximum atomic E-state index is 14.0. The van der Waals surface area contributed by atoms with Gasteiger partial charge < -0.3 is 9.47 Å². The molecule has 0 fully saturated rings. The zero-order chi connectivity index (χ0) is 23.0. The van der Waals surface area contributed by atoms with Gasteiger partial charge in [-0.1, -0.05) is 89.5 Å². The quantitative estimate of drug-likeness (QED) is 0.226. The minimum Gasteiger partial charge on any atom is -0.494 e. The number of alkyl halides is 2. The Bertz CT molecular complexity index is 715. The van der Waals surface area contributed by atoms with Crippen LogP contribution in [0.4, 0.5) is 8.78 Å². The number of benzene rings is 2. The van der Waals surface area contributed by atoms with E-state index < -0.39 is 12.3 Å². The van der Waals surface area contributed by atoms with Crippen molar-refractivity contribution in [2.24, 2.45) is 0 Å². The molecule has 0 heterocycles. The van der Waals surface area contributed by atoms with Crippen LogP contribution in [0, 0.1) is 0 Å². The van der Waals surface area contributed by atoms with Crippen LogP contribution in [0.3, 0.4) is 0 Å². The fourth-order valence-electron chi connectivity index (χ4n) is 3.61. The Morgan fingerprint density at radius 3 is 1.69 bits per heavy atom. The molecule has 4 heteroatoms. The molecule has 2 nitrogen and oxygen atoms in total. The van der Waals surface area contributed by atoms with E-state index in [0.29, 0.717) is 5.75 Å². The maximum absolute atomic E-state index is 14.0. The molecule has 2 rings (SSSR count). The molecule has 0 aliphatic heterocycles. The zero-order valence-electron chi connectivity index (χ0n) is 19.8. The molecule has 0 radical (unpaired) electrons. The molecule has 2 atom stereocenters. The van der Waals surface area contributed by atoms with E-state index in [-0.39, 0.29) is 13.0 Å². The molecule has 0 saturated heterocycles. The predicted molar refractivity (Wildman–Crippen MR) is 130 cm³/mol. The highest BCUT2D eigenvalue weighted by Gasteiger charge is 2.20. The zero-order valence-corrected chi connectivity index (χ0v) is 19.8. The van der Waals surface area contributed by atoms with Crippen LogP contribution in [0.1, 0.15) is 78.1 Å². The first-order chi connectivity index (χ1) is 15.6. The van der Waals surface area contributed by atoms with Gasteiger partial charge in [0.15, 0.2) is 6.17 Å². The van der Waals surface area contributed by atoms with E-state index in [1.165, 1.54) is 32.1 Å². The molecular formula is C28H40F2O2. The fourth-order valence-corrected chi connectivity index (χ4v) is 3.61. The summed E-state index contributed by atoms with van der Waals surface area (Å²) in [6.07, 6.45) is 7.38. The van der Waals surface area contributed by atoms with E-state index in [0.717, 1.165) is 49.2 Å². The van der Waals surface area contributed by atoms with Gasteiger partial charge in [-0.15, -0.1) is 0 Å². The molecule has 32 heavy (non-hydrogen) atoms. The van der Waals surface area contributed by atoms with Crippen LogP contribution in [0.2, 0.25) is 0 Å². The molecular weight excluding hydrogens is 406 g/mol. The van der Waals surface area contributed by atoms with E-state index in [1.54, 1.807) is 12.1 Å². The molecule has 0 aromatic heterocycles. The smallest absolute Gasteiger partial charge is 0.165 e. The average Bonchev–Trinajstić information content (AvgIpc) is 2.83. The normalized spacial score (nSPS) is 13.0. The Morgan fingerprint density at radius 2 is 1.09 bits per heavy atom. The number of hydrogen-bond donors (Lipinski definition) is 0. The minimum atomic E-state index is -1.59. The standard InChI is InChI=1S/C28H40F2O2/c1-3-5-7-8-9-11-21-31-25-17-13-23(14-18-25)24-15-19-26(20-16-24)32-22-28(30)27(29)12-10-6-4-2/h13-20,27-28H,3-12,21-22H2,1-2H3/t27-,28-/m1/s1. The minimum absolute atomic E-state index is 0.253. The molecule has 0 N–H and O–H groups in total. The summed E-state index contributed by atoms with van der Waals surface area (Å²) in [4.78, 5) is 0. The molecule has 2 aromatic rings. The van der Waals surface area contributed by atoms with E-state index >= 15 is 0 Å². The second-order valence-electron chi connectivity index (χ2n) is 8.50. The molecule has 0 bridgehead atoms. The number of halogens is 2. The third-order valence-electron chi connectivity index (χ3n) is 5.69. The molecule has 0 aliphatic rings. The van der Waals surface area contributed by atoms with E-state index in [1.807, 2.05) is 43.3 Å². The van der Waals surface area contributed by atoms with Crippen molar-refractivity contribution in [2.45, 2.75) is 90.4 Å². The molecule has 0 saturated carbocycles. The van der Waals surface area contributed by atoms with Crippen LogP contribution in [-0.2, 0) is 0 Å². The number of rotatable bonds is 17. The van der Waals surface area contributed by atoms with Crippen molar-refractivity contribution in [1.82, 2.24) is 0 Å². The van der Waals surface area contributed by atoms with Gasteiger partial charge in [-0.3, -0.25) is 0 Å². The predicted octanol–water partition coefficient (Wildman–Crippen LogP) is 8.73. The average molecular weight is 447 g/mol. The monoisotopic (exact) mass is 446 g/mol. The van der Waals surface area contributed by atoms with Crippen LogP contribution in [-0.4, -0.2) is 25.6 Å². The Labute approximate surface area is 193 Å². The van der Waals surface area contributed by atoms with Gasteiger partial charge >= 0.3 is 0 Å². The van der Waals surface area contributed by atoms with Gasteiger partial charge in [0.25, 0.3) is 0 Å². The largest absolute Gasteiger partial charge is 0.494 e. The van der Waals surface area contributed by atoms with Crippen molar-refractivity contribution in [3.8, 4) is 22.6 Å². The van der Waals surface area contributed by atoms with Gasteiger partial charge in [0.05, 0.1) is 6.61 Å². The van der Waals surface area contributed by atoms with Crippen LogP contribution < -0.4 is 9.47 Å². The summed E-state index contributed by atoms with van der Waals surface area (Å²) < 4.78 is 39.1. The van der Waals surface area contributed by atoms with Gasteiger partial charge in [0, 0.05) is 0 Å². The Kier molecular flexibility index (Phi) is 12.8. The lowest BCUT2D eigenvalue weighted by Gasteiger charge is -2.15. The number of unbranched alkanes of at least 4 members (excludes halogenated alkanes) is 7. The van der Waals surface area contributed by atoms with Crippen LogP contribution >= 0.6 is 0 Å². The Hall–Kier alpha value is -2.10. The van der Waals surface area contributed by atoms with Crippen LogP contribution in [0.5, 0.6) is 11.5 Å². The topological polar surface area (TPSA) is 18.5 Å². The fraction of sp³-hybridized carbons (Fsp3) is 0.571. The highest BCUT2D eigenvalue weighted by Crippen LogP contribution is 2.25. The summed E-state index contributed by atoms with van der Waals surface area (Å²) in [5, 5.41) is 0. The summed E-state index contributed by atoms with van der Waals surface area (Å²) in [6.45, 7) is 4.78. The maximum Gasteiger partial charge on any atom is 0.165 e. The lowest BCUT2D eigenvalue weighted by atomic mass is 10.1. The van der Waals surface area contributed by atoms with Crippen molar-refractivity contribution in [3.63, 3.8) is 0 Å². The van der Waals surface area contributed by atoms with Crippen molar-refractivity contribution >= 4 is 0 Å². The molecule has 0 spiro atoms. The molecule has 0 amide bonds. The number of ether oxygens (including phenoxy) is 2. The van der Waals surface area contributed by atoms with E-state index in [2.05, 4.69) is 6.92 Å². The first kappa shape index (κ1) is 26.2. The first-order valence-corrected chi connectivity index (χ1v) is 12.4. The molecule has 2 aromatic carbocycles. The summed E-state index contributed by atoms with van der Waals surface area (Å²) in [7, 11) is 0. The third-order valence-corrected chi connectivity index (χ3v) is 5.69. The second kappa shape index (κ2) is 15.7. The molecule has 178 valence electrons. The molecule has 0 unspecified atom stereocenters. The van der Waals surface area contributed by atoms with Gasteiger partial charge in [0.1, 0.15) is 24.3 Å². The summed E-state index contributed by atoms with van der Waals surface area (Å²) in [6, 6.07) is 15.5. The van der Waals surface area contributed by atoms with Gasteiger partial charge in [-0.25, -0.2) is 8.78 Å². The van der Waals surface area contributed by atoms with Crippen molar-refractivity contribution in [2.75, 3.05) is 13.2 Å². The highest BCUT2D eigenvalue weighted by molar-refractivity contribution is 5.64. The van der Waals surface area contributed by atoms with Gasteiger partial charge in [0.2, 0.25) is 0 Å². The lowest BCUT2D eigenvalue weighted by Crippen LogP contribution is -2.24. The van der Waals surface area contributed by atoms with Crippen LogP contribution in [0.15, 0.2) is 48.5 Å². The van der Waals surface area contributed by atoms with E-state index in [9.17, 15) is 8.78 Å². The Balaban J connectivity index is 1.73. The van der Waals surface area contributed by atoms with Crippen molar-refractivity contribution in [1.29, 1.82) is 0 Å². The van der Waals surface area contributed by atoms with Crippen molar-refractivity contribution < 1.29 is 18.3 Å². The third kappa shape index (κ3) is 10.0. The summed E-state index contributed by atoms with van der Waals surface area (Å²) in [5.41, 5.74) is 2.12. The molecule has 0 aliphatic carbocycles. The SMILES string of the molecule is CCCCCCCCOc1ccc(-c2ccc(OC[C@@H](F)[C@H](F)CCCCC)cc2)cc1. The number of hydrogen-bond acceptors (Lipinski definition) is 2. The highest BCUT2D eigenvalue weighted by atomic mass is 19.2. The summed E-state index contributed by atoms with van der Waals surface area (Å²) in [5.74, 6) is 1.44. The Morgan fingerprint density at radius 1 is 0.594 bits per heavy atom.